The number of hydrogen-bond donors (Lipinski definition) is 1. The Hall–Kier alpha value is -1.15. The Morgan fingerprint density at radius 3 is 2.71 bits per heavy atom. The zero-order valence-electron chi connectivity index (χ0n) is 11.7. The SMILES string of the molecule is COC(=O)c1ccccc1S(=O)(=O)N1CCCC1CN.Cl. The summed E-state index contributed by atoms with van der Waals surface area (Å²) in [5, 5.41) is 0. The Labute approximate surface area is 130 Å². The molecule has 6 nitrogen and oxygen atoms in total. The molecule has 1 aliphatic rings. The summed E-state index contributed by atoms with van der Waals surface area (Å²) < 4.78 is 31.4. The maximum absolute atomic E-state index is 12.7. The van der Waals surface area contributed by atoms with Crippen LogP contribution in [0.25, 0.3) is 0 Å². The molecule has 1 aliphatic heterocycles. The molecule has 0 aliphatic carbocycles. The molecule has 1 heterocycles. The number of sulfonamides is 1. The average molecular weight is 335 g/mol. The number of hydrogen-bond acceptors (Lipinski definition) is 5. The van der Waals surface area contributed by atoms with Gasteiger partial charge >= 0.3 is 5.97 Å². The van der Waals surface area contributed by atoms with E-state index < -0.39 is 16.0 Å². The highest BCUT2D eigenvalue weighted by Gasteiger charge is 2.36. The molecule has 1 aromatic rings. The molecule has 0 saturated carbocycles. The van der Waals surface area contributed by atoms with E-state index >= 15 is 0 Å². The first-order chi connectivity index (χ1) is 9.52. The van der Waals surface area contributed by atoms with Crippen LogP contribution in [0.2, 0.25) is 0 Å². The molecule has 0 radical (unpaired) electrons. The van der Waals surface area contributed by atoms with Gasteiger partial charge in [0, 0.05) is 19.1 Å². The lowest BCUT2D eigenvalue weighted by Gasteiger charge is -2.23. The van der Waals surface area contributed by atoms with Crippen molar-refractivity contribution in [1.29, 1.82) is 0 Å². The highest BCUT2D eigenvalue weighted by Crippen LogP contribution is 2.27. The fourth-order valence-electron chi connectivity index (χ4n) is 2.46. The van der Waals surface area contributed by atoms with E-state index in [1.807, 2.05) is 0 Å². The first kappa shape index (κ1) is 17.9. The number of esters is 1. The third-order valence-corrected chi connectivity index (χ3v) is 5.48. The number of carbonyl (C=O) groups is 1. The maximum Gasteiger partial charge on any atom is 0.339 e. The normalized spacial score (nSPS) is 19.0. The molecule has 1 aromatic carbocycles. The Morgan fingerprint density at radius 1 is 1.43 bits per heavy atom. The fourth-order valence-corrected chi connectivity index (χ4v) is 4.34. The molecule has 118 valence electrons. The van der Waals surface area contributed by atoms with Gasteiger partial charge in [-0.25, -0.2) is 13.2 Å². The van der Waals surface area contributed by atoms with Crippen LogP contribution in [0, 0.1) is 0 Å². The van der Waals surface area contributed by atoms with E-state index in [1.165, 1.54) is 23.5 Å². The smallest absolute Gasteiger partial charge is 0.339 e. The van der Waals surface area contributed by atoms with Crippen LogP contribution in [-0.4, -0.2) is 44.9 Å². The van der Waals surface area contributed by atoms with Crippen molar-refractivity contribution in [3.05, 3.63) is 29.8 Å². The van der Waals surface area contributed by atoms with Gasteiger partial charge in [-0.1, -0.05) is 12.1 Å². The number of nitrogens with two attached hydrogens (primary N) is 1. The number of carbonyl (C=O) groups excluding carboxylic acids is 1. The van der Waals surface area contributed by atoms with Crippen LogP contribution in [0.15, 0.2) is 29.2 Å². The van der Waals surface area contributed by atoms with Crippen molar-refractivity contribution in [3.63, 3.8) is 0 Å². The van der Waals surface area contributed by atoms with Gasteiger partial charge in [-0.2, -0.15) is 4.31 Å². The summed E-state index contributed by atoms with van der Waals surface area (Å²) in [5.74, 6) is -0.660. The van der Waals surface area contributed by atoms with Crippen LogP contribution < -0.4 is 5.73 Å². The van der Waals surface area contributed by atoms with Gasteiger partial charge in [-0.3, -0.25) is 0 Å². The summed E-state index contributed by atoms with van der Waals surface area (Å²) in [5.41, 5.74) is 5.68. The minimum absolute atomic E-state index is 0. The quantitative estimate of drug-likeness (QED) is 0.830. The van der Waals surface area contributed by atoms with Gasteiger partial charge in [0.05, 0.1) is 17.6 Å². The molecule has 1 fully saturated rings. The van der Waals surface area contributed by atoms with Gasteiger partial charge in [0.2, 0.25) is 10.0 Å². The highest BCUT2D eigenvalue weighted by atomic mass is 35.5. The zero-order valence-corrected chi connectivity index (χ0v) is 13.3. The summed E-state index contributed by atoms with van der Waals surface area (Å²) in [6, 6.07) is 5.87. The molecular weight excluding hydrogens is 316 g/mol. The van der Waals surface area contributed by atoms with Crippen molar-refractivity contribution in [3.8, 4) is 0 Å². The summed E-state index contributed by atoms with van der Waals surface area (Å²) >= 11 is 0. The van der Waals surface area contributed by atoms with Crippen LogP contribution in [0.1, 0.15) is 23.2 Å². The van der Waals surface area contributed by atoms with Crippen molar-refractivity contribution < 1.29 is 17.9 Å². The summed E-state index contributed by atoms with van der Waals surface area (Å²) in [7, 11) is -2.51. The summed E-state index contributed by atoms with van der Waals surface area (Å²) in [6.45, 7) is 0.708. The monoisotopic (exact) mass is 334 g/mol. The van der Waals surface area contributed by atoms with Crippen molar-refractivity contribution >= 4 is 28.4 Å². The maximum atomic E-state index is 12.7. The molecule has 1 unspecified atom stereocenters. The summed E-state index contributed by atoms with van der Waals surface area (Å²) in [6.07, 6.45) is 1.53. The van der Waals surface area contributed by atoms with Crippen LogP contribution in [0.4, 0.5) is 0 Å². The molecule has 2 rings (SSSR count). The van der Waals surface area contributed by atoms with Gasteiger partial charge < -0.3 is 10.5 Å². The largest absolute Gasteiger partial charge is 0.465 e. The van der Waals surface area contributed by atoms with Crippen LogP contribution >= 0.6 is 12.4 Å². The second-order valence-corrected chi connectivity index (χ2v) is 6.49. The Kier molecular flexibility index (Phi) is 6.15. The van der Waals surface area contributed by atoms with Crippen LogP contribution in [0.3, 0.4) is 0 Å². The van der Waals surface area contributed by atoms with E-state index in [0.29, 0.717) is 6.54 Å². The van der Waals surface area contributed by atoms with E-state index in [4.69, 9.17) is 5.73 Å². The average Bonchev–Trinajstić information content (AvgIpc) is 2.95. The Balaban J connectivity index is 0.00000220. The van der Waals surface area contributed by atoms with Gasteiger partial charge in [0.1, 0.15) is 0 Å². The third-order valence-electron chi connectivity index (χ3n) is 3.47. The number of benzene rings is 1. The topological polar surface area (TPSA) is 89.7 Å². The summed E-state index contributed by atoms with van der Waals surface area (Å²) in [4.78, 5) is 11.7. The molecule has 0 spiro atoms. The first-order valence-corrected chi connectivity index (χ1v) is 7.85. The predicted molar refractivity (Wildman–Crippen MR) is 81.0 cm³/mol. The Bertz CT molecular complexity index is 606. The van der Waals surface area contributed by atoms with Gasteiger partial charge in [-0.15, -0.1) is 12.4 Å². The van der Waals surface area contributed by atoms with E-state index in [2.05, 4.69) is 4.74 Å². The van der Waals surface area contributed by atoms with E-state index in [9.17, 15) is 13.2 Å². The zero-order chi connectivity index (χ0) is 14.8. The molecule has 1 atom stereocenters. The van der Waals surface area contributed by atoms with E-state index in [-0.39, 0.29) is 35.5 Å². The lowest BCUT2D eigenvalue weighted by Crippen LogP contribution is -2.40. The minimum Gasteiger partial charge on any atom is -0.465 e. The third kappa shape index (κ3) is 3.37. The van der Waals surface area contributed by atoms with Gasteiger partial charge in [0.25, 0.3) is 0 Å². The van der Waals surface area contributed by atoms with Gasteiger partial charge in [0.15, 0.2) is 0 Å². The molecule has 21 heavy (non-hydrogen) atoms. The molecule has 8 heteroatoms. The van der Waals surface area contributed by atoms with Crippen molar-refractivity contribution in [2.24, 2.45) is 5.73 Å². The molecule has 0 amide bonds. The number of halogens is 1. The van der Waals surface area contributed by atoms with Crippen LogP contribution in [-0.2, 0) is 14.8 Å². The molecule has 1 saturated heterocycles. The van der Waals surface area contributed by atoms with Crippen molar-refractivity contribution in [2.45, 2.75) is 23.8 Å². The lowest BCUT2D eigenvalue weighted by molar-refractivity contribution is 0.0596. The molecular formula is C13H19ClN2O4S. The molecule has 0 bridgehead atoms. The highest BCUT2D eigenvalue weighted by molar-refractivity contribution is 7.89. The number of nitrogens with zero attached hydrogens (tertiary/aromatic N) is 1. The van der Waals surface area contributed by atoms with E-state index in [0.717, 1.165) is 12.8 Å². The second-order valence-electron chi connectivity index (χ2n) is 4.64. The van der Waals surface area contributed by atoms with Crippen molar-refractivity contribution in [2.75, 3.05) is 20.2 Å². The lowest BCUT2D eigenvalue weighted by atomic mass is 10.2. The van der Waals surface area contributed by atoms with E-state index in [1.54, 1.807) is 12.1 Å². The molecule has 0 aromatic heterocycles. The Morgan fingerprint density at radius 2 is 2.10 bits per heavy atom. The number of methoxy groups -OCH3 is 1. The minimum atomic E-state index is -3.73. The van der Waals surface area contributed by atoms with Gasteiger partial charge in [-0.05, 0) is 25.0 Å². The standard InChI is InChI=1S/C13H18N2O4S.ClH/c1-19-13(16)11-6-2-3-7-12(11)20(17,18)15-8-4-5-10(15)9-14;/h2-3,6-7,10H,4-5,8-9,14H2,1H3;1H. The first-order valence-electron chi connectivity index (χ1n) is 6.41. The molecule has 2 N–H and O–H groups in total. The number of rotatable bonds is 4. The van der Waals surface area contributed by atoms with Crippen LogP contribution in [0.5, 0.6) is 0 Å². The predicted octanol–water partition coefficient (Wildman–Crippen LogP) is 1.01. The number of ether oxygens (including phenoxy) is 1. The van der Waals surface area contributed by atoms with Crippen molar-refractivity contribution in [1.82, 2.24) is 4.31 Å². The second kappa shape index (κ2) is 7.22. The fraction of sp³-hybridized carbons (Fsp3) is 0.462.